The number of aryl methyl sites for hydroxylation is 1. The topological polar surface area (TPSA) is 111 Å². The van der Waals surface area contributed by atoms with Gasteiger partial charge < -0.3 is 15.2 Å². The van der Waals surface area contributed by atoms with E-state index in [0.717, 1.165) is 36.5 Å². The van der Waals surface area contributed by atoms with Crippen LogP contribution in [0.1, 0.15) is 114 Å². The average Bonchev–Trinajstić information content (AvgIpc) is 3.75. The molecule has 0 unspecified atom stereocenters. The Morgan fingerprint density at radius 2 is 1.60 bits per heavy atom. The number of nitriles is 1. The lowest BCUT2D eigenvalue weighted by Crippen LogP contribution is -2.42. The third kappa shape index (κ3) is 10.7. The van der Waals surface area contributed by atoms with Crippen LogP contribution in [-0.4, -0.2) is 59.9 Å². The lowest BCUT2D eigenvalue weighted by Gasteiger charge is -2.33. The van der Waals surface area contributed by atoms with Gasteiger partial charge in [0, 0.05) is 31.2 Å². The highest BCUT2D eigenvalue weighted by molar-refractivity contribution is 5.59. The van der Waals surface area contributed by atoms with Crippen molar-refractivity contribution in [3.05, 3.63) is 60.6 Å². The normalized spacial score (nSPS) is 15.4. The number of fused-ring (bicyclic) bond motifs is 1. The van der Waals surface area contributed by atoms with E-state index in [0.29, 0.717) is 17.4 Å². The fourth-order valence-corrected chi connectivity index (χ4v) is 6.55. The van der Waals surface area contributed by atoms with Crippen molar-refractivity contribution in [2.24, 2.45) is 0 Å². The molecule has 240 valence electrons. The Morgan fingerprint density at radius 1 is 0.867 bits per heavy atom. The standard InChI is InChI=1S/C36H51N9/c37-24-30-18-19-35-40-26-33(45(35)27-30)36-39-21-20-34(43-36)42-32-17-15-23-44(28-32)22-14-12-10-8-6-4-2-1-3-5-7-9-11-13-16-31-25-38-29-41-31/h18-21,25-27,29,32H,1-17,22-23,28H2,(H,38,41)(H,39,42,43)/t32-/m1/s1. The molecule has 2 N–H and O–H groups in total. The number of unbranched alkanes of at least 4 members (excludes halogenated alkanes) is 13. The van der Waals surface area contributed by atoms with Gasteiger partial charge in [-0.15, -0.1) is 0 Å². The van der Waals surface area contributed by atoms with Gasteiger partial charge in [-0.3, -0.25) is 4.40 Å². The number of nitrogens with zero attached hydrogens (tertiary/aromatic N) is 7. The molecule has 9 heteroatoms. The van der Waals surface area contributed by atoms with E-state index in [1.807, 2.05) is 22.7 Å². The summed E-state index contributed by atoms with van der Waals surface area (Å²) in [7, 11) is 0. The van der Waals surface area contributed by atoms with Crippen LogP contribution in [0.3, 0.4) is 0 Å². The molecule has 4 aromatic rings. The number of H-pyrrole nitrogens is 1. The van der Waals surface area contributed by atoms with Gasteiger partial charge in [-0.25, -0.2) is 19.9 Å². The van der Waals surface area contributed by atoms with Crippen molar-refractivity contribution in [2.75, 3.05) is 25.0 Å². The minimum atomic E-state index is 0.390. The van der Waals surface area contributed by atoms with E-state index in [-0.39, 0.29) is 0 Å². The molecule has 0 aromatic carbocycles. The van der Waals surface area contributed by atoms with E-state index in [2.05, 4.69) is 36.2 Å². The Morgan fingerprint density at radius 3 is 2.31 bits per heavy atom. The van der Waals surface area contributed by atoms with E-state index >= 15 is 0 Å². The molecule has 5 heterocycles. The molecule has 5 rings (SSSR count). The first-order valence-corrected chi connectivity index (χ1v) is 17.5. The molecule has 0 spiro atoms. The van der Waals surface area contributed by atoms with Crippen molar-refractivity contribution in [3.63, 3.8) is 0 Å². The molecule has 1 aliphatic rings. The number of pyridine rings is 1. The Labute approximate surface area is 268 Å². The molecule has 0 amide bonds. The van der Waals surface area contributed by atoms with Crippen LogP contribution in [0.4, 0.5) is 5.82 Å². The molecule has 4 aromatic heterocycles. The van der Waals surface area contributed by atoms with Gasteiger partial charge in [-0.2, -0.15) is 5.26 Å². The third-order valence-corrected chi connectivity index (χ3v) is 9.09. The summed E-state index contributed by atoms with van der Waals surface area (Å²) in [6.07, 6.45) is 31.9. The van der Waals surface area contributed by atoms with Crippen LogP contribution in [0.5, 0.6) is 0 Å². The number of hydrogen-bond acceptors (Lipinski definition) is 7. The monoisotopic (exact) mass is 609 g/mol. The number of imidazole rings is 2. The van der Waals surface area contributed by atoms with Gasteiger partial charge in [0.2, 0.25) is 0 Å². The van der Waals surface area contributed by atoms with Crippen molar-refractivity contribution in [3.8, 4) is 17.6 Å². The summed E-state index contributed by atoms with van der Waals surface area (Å²) in [5.74, 6) is 1.45. The van der Waals surface area contributed by atoms with Crippen LogP contribution in [-0.2, 0) is 6.42 Å². The minimum absolute atomic E-state index is 0.390. The van der Waals surface area contributed by atoms with Gasteiger partial charge in [0.05, 0.1) is 23.8 Å². The fourth-order valence-electron chi connectivity index (χ4n) is 6.55. The molecule has 0 saturated carbocycles. The molecule has 1 aliphatic heterocycles. The summed E-state index contributed by atoms with van der Waals surface area (Å²) in [6, 6.07) is 8.15. The molecule has 0 bridgehead atoms. The number of nitrogens with one attached hydrogen (secondary N) is 2. The van der Waals surface area contributed by atoms with Gasteiger partial charge >= 0.3 is 0 Å². The molecule has 1 fully saturated rings. The number of aromatic amines is 1. The first-order valence-electron chi connectivity index (χ1n) is 17.5. The highest BCUT2D eigenvalue weighted by Crippen LogP contribution is 2.21. The van der Waals surface area contributed by atoms with Crippen LogP contribution in [0.2, 0.25) is 0 Å². The highest BCUT2D eigenvalue weighted by Gasteiger charge is 2.20. The maximum absolute atomic E-state index is 9.29. The van der Waals surface area contributed by atoms with E-state index in [1.54, 1.807) is 31.0 Å². The quantitative estimate of drug-likeness (QED) is 0.0978. The van der Waals surface area contributed by atoms with Crippen molar-refractivity contribution >= 4 is 11.5 Å². The van der Waals surface area contributed by atoms with Gasteiger partial charge in [0.15, 0.2) is 5.82 Å². The van der Waals surface area contributed by atoms with Crippen molar-refractivity contribution in [2.45, 2.75) is 115 Å². The predicted molar refractivity (Wildman–Crippen MR) is 181 cm³/mol. The van der Waals surface area contributed by atoms with Crippen LogP contribution >= 0.6 is 0 Å². The molecule has 45 heavy (non-hydrogen) atoms. The van der Waals surface area contributed by atoms with Gasteiger partial charge in [-0.1, -0.05) is 77.0 Å². The summed E-state index contributed by atoms with van der Waals surface area (Å²) < 4.78 is 1.88. The van der Waals surface area contributed by atoms with Gasteiger partial charge in [0.25, 0.3) is 0 Å². The first-order chi connectivity index (χ1) is 22.3. The fraction of sp³-hybridized carbons (Fsp3) is 0.583. The zero-order valence-electron chi connectivity index (χ0n) is 27.0. The van der Waals surface area contributed by atoms with E-state index in [9.17, 15) is 5.26 Å². The Balaban J connectivity index is 0.886. The SMILES string of the molecule is N#Cc1ccc2ncc(-c3nccc(N[C@@H]4CCCN(CCCCCCCCCCCCCCCCc5c[nH]cn5)C4)n3)n2c1. The van der Waals surface area contributed by atoms with Crippen LogP contribution in [0.15, 0.2) is 49.3 Å². The summed E-state index contributed by atoms with van der Waals surface area (Å²) in [5.41, 5.74) is 3.35. The molecule has 0 aliphatic carbocycles. The summed E-state index contributed by atoms with van der Waals surface area (Å²) in [6.45, 7) is 3.45. The zero-order valence-corrected chi connectivity index (χ0v) is 27.0. The van der Waals surface area contributed by atoms with Crippen molar-refractivity contribution < 1.29 is 0 Å². The van der Waals surface area contributed by atoms with Crippen LogP contribution in [0, 0.1) is 11.3 Å². The number of piperidine rings is 1. The van der Waals surface area contributed by atoms with E-state index < -0.39 is 0 Å². The first kappa shape index (κ1) is 32.6. The van der Waals surface area contributed by atoms with E-state index in [1.165, 1.54) is 115 Å². The molecule has 1 saturated heterocycles. The van der Waals surface area contributed by atoms with Crippen molar-refractivity contribution in [1.82, 2.24) is 34.2 Å². The Bertz CT molecular complexity index is 1440. The molecular weight excluding hydrogens is 558 g/mol. The van der Waals surface area contributed by atoms with Crippen LogP contribution in [0.25, 0.3) is 17.2 Å². The maximum atomic E-state index is 9.29. The van der Waals surface area contributed by atoms with Gasteiger partial charge in [-0.05, 0) is 63.4 Å². The highest BCUT2D eigenvalue weighted by atomic mass is 15.2. The average molecular weight is 610 g/mol. The second-order valence-corrected chi connectivity index (χ2v) is 12.7. The lowest BCUT2D eigenvalue weighted by atomic mass is 10.0. The Kier molecular flexibility index (Phi) is 13.2. The van der Waals surface area contributed by atoms with E-state index in [4.69, 9.17) is 4.98 Å². The van der Waals surface area contributed by atoms with Crippen molar-refractivity contribution in [1.29, 1.82) is 5.26 Å². The second kappa shape index (κ2) is 18.3. The predicted octanol–water partition coefficient (Wildman–Crippen LogP) is 7.97. The Hall–Kier alpha value is -3.77. The van der Waals surface area contributed by atoms with Crippen LogP contribution < -0.4 is 5.32 Å². The smallest absolute Gasteiger partial charge is 0.180 e. The summed E-state index contributed by atoms with van der Waals surface area (Å²) in [5, 5.41) is 13.0. The largest absolute Gasteiger partial charge is 0.366 e. The number of hydrogen-bond donors (Lipinski definition) is 2. The number of likely N-dealkylation sites (tertiary alicyclic amines) is 1. The maximum Gasteiger partial charge on any atom is 0.180 e. The number of anilines is 1. The summed E-state index contributed by atoms with van der Waals surface area (Å²) >= 11 is 0. The molecule has 0 radical (unpaired) electrons. The molecule has 1 atom stereocenters. The number of aromatic nitrogens is 6. The summed E-state index contributed by atoms with van der Waals surface area (Å²) in [4.78, 5) is 23.7. The zero-order chi connectivity index (χ0) is 30.9. The minimum Gasteiger partial charge on any atom is -0.366 e. The molecule has 9 nitrogen and oxygen atoms in total. The number of rotatable bonds is 20. The lowest BCUT2D eigenvalue weighted by molar-refractivity contribution is 0.212. The second-order valence-electron chi connectivity index (χ2n) is 12.7. The third-order valence-electron chi connectivity index (χ3n) is 9.09. The molecular formula is C36H51N9. The van der Waals surface area contributed by atoms with Gasteiger partial charge in [0.1, 0.15) is 23.2 Å².